The fraction of sp³-hybridized carbons (Fsp3) is 0.667. The minimum absolute atomic E-state index is 0.251. The summed E-state index contributed by atoms with van der Waals surface area (Å²) in [5.41, 5.74) is 0.657. The maximum Gasteiger partial charge on any atom is 0.434 e. The van der Waals surface area contributed by atoms with E-state index in [1.807, 2.05) is 51.1 Å². The summed E-state index contributed by atoms with van der Waals surface area (Å²) in [5.74, 6) is 0. The molecule has 152 valence electrons. The normalized spacial score (nSPS) is 16.3. The predicted octanol–water partition coefficient (Wildman–Crippen LogP) is 3.68. The second-order valence-electron chi connectivity index (χ2n) is 8.32. The van der Waals surface area contributed by atoms with E-state index in [-0.39, 0.29) is 12.0 Å². The summed E-state index contributed by atoms with van der Waals surface area (Å²) >= 11 is 0. The molecule has 0 bridgehead atoms. The lowest BCUT2D eigenvalue weighted by Crippen LogP contribution is -2.35. The highest BCUT2D eigenvalue weighted by Gasteiger charge is 2.31. The Balaban J connectivity index is 1.70. The topological polar surface area (TPSA) is 65.0 Å². The Morgan fingerprint density at radius 2 is 1.89 bits per heavy atom. The average Bonchev–Trinajstić information content (AvgIpc) is 3.15. The van der Waals surface area contributed by atoms with Crippen molar-refractivity contribution in [3.8, 4) is 0 Å². The molecule has 1 aliphatic rings. The van der Waals surface area contributed by atoms with E-state index < -0.39 is 12.2 Å². The standard InChI is InChI=1S/C21H35N3O3/c1-21(2,3)19(18-10-5-4-6-11-18)27-20(25)24(26)16-9-12-22-13-17-23-14-7-8-15-23/h4-6,10-11,19,22,26H,7-9,12-17H2,1-3H3. The molecule has 2 rings (SSSR count). The van der Waals surface area contributed by atoms with Crippen LogP contribution in [-0.2, 0) is 4.74 Å². The molecule has 1 aromatic carbocycles. The van der Waals surface area contributed by atoms with Crippen LogP contribution in [0.4, 0.5) is 4.79 Å². The maximum atomic E-state index is 12.3. The first kappa shape index (κ1) is 21.7. The average molecular weight is 378 g/mol. The van der Waals surface area contributed by atoms with Crippen LogP contribution in [0, 0.1) is 5.41 Å². The molecule has 1 amide bonds. The van der Waals surface area contributed by atoms with Gasteiger partial charge < -0.3 is 15.0 Å². The zero-order valence-corrected chi connectivity index (χ0v) is 17.0. The van der Waals surface area contributed by atoms with Crippen LogP contribution in [0.2, 0.25) is 0 Å². The Labute approximate surface area is 163 Å². The Bertz CT molecular complexity index is 554. The molecule has 6 heteroatoms. The predicted molar refractivity (Wildman–Crippen MR) is 107 cm³/mol. The number of likely N-dealkylation sites (tertiary alicyclic amines) is 1. The molecular weight excluding hydrogens is 342 g/mol. The number of benzene rings is 1. The number of carbonyl (C=O) groups is 1. The van der Waals surface area contributed by atoms with Crippen molar-refractivity contribution in [3.05, 3.63) is 35.9 Å². The van der Waals surface area contributed by atoms with Crippen molar-refractivity contribution in [1.29, 1.82) is 0 Å². The highest BCUT2D eigenvalue weighted by molar-refractivity contribution is 5.66. The van der Waals surface area contributed by atoms with Crippen LogP contribution in [0.3, 0.4) is 0 Å². The quantitative estimate of drug-likeness (QED) is 0.390. The Hall–Kier alpha value is -1.63. The number of nitrogens with one attached hydrogen (secondary N) is 1. The van der Waals surface area contributed by atoms with Gasteiger partial charge in [0, 0.05) is 18.5 Å². The van der Waals surface area contributed by atoms with Crippen molar-refractivity contribution in [2.24, 2.45) is 5.41 Å². The number of hydrogen-bond acceptors (Lipinski definition) is 5. The van der Waals surface area contributed by atoms with Crippen molar-refractivity contribution >= 4 is 6.09 Å². The van der Waals surface area contributed by atoms with E-state index in [1.54, 1.807) is 0 Å². The number of rotatable bonds is 9. The summed E-state index contributed by atoms with van der Waals surface area (Å²) < 4.78 is 5.62. The van der Waals surface area contributed by atoms with Crippen molar-refractivity contribution < 1.29 is 14.7 Å². The van der Waals surface area contributed by atoms with Gasteiger partial charge in [-0.15, -0.1) is 0 Å². The molecule has 0 aliphatic carbocycles. The summed E-state index contributed by atoms with van der Waals surface area (Å²) in [6, 6.07) is 9.66. The molecule has 0 radical (unpaired) electrons. The van der Waals surface area contributed by atoms with Gasteiger partial charge in [0.2, 0.25) is 0 Å². The fourth-order valence-electron chi connectivity index (χ4n) is 3.35. The first-order chi connectivity index (χ1) is 12.9. The van der Waals surface area contributed by atoms with Crippen molar-refractivity contribution in [3.63, 3.8) is 0 Å². The Morgan fingerprint density at radius 3 is 2.52 bits per heavy atom. The second-order valence-corrected chi connectivity index (χ2v) is 8.32. The summed E-state index contributed by atoms with van der Waals surface area (Å²) in [5, 5.41) is 14.1. The molecule has 27 heavy (non-hydrogen) atoms. The molecule has 1 unspecified atom stereocenters. The molecule has 1 atom stereocenters. The summed E-state index contributed by atoms with van der Waals surface area (Å²) in [6.07, 6.45) is 2.17. The maximum absolute atomic E-state index is 12.3. The van der Waals surface area contributed by atoms with Gasteiger partial charge in [0.1, 0.15) is 6.10 Å². The van der Waals surface area contributed by atoms with Gasteiger partial charge >= 0.3 is 6.09 Å². The van der Waals surface area contributed by atoms with E-state index >= 15 is 0 Å². The van der Waals surface area contributed by atoms with E-state index in [9.17, 15) is 10.0 Å². The molecule has 1 fully saturated rings. The minimum atomic E-state index is -0.698. The molecular formula is C21H35N3O3. The van der Waals surface area contributed by atoms with Gasteiger partial charge in [-0.2, -0.15) is 5.06 Å². The molecule has 2 N–H and O–H groups in total. The van der Waals surface area contributed by atoms with E-state index in [0.29, 0.717) is 11.5 Å². The molecule has 0 spiro atoms. The smallest absolute Gasteiger partial charge is 0.434 e. The number of nitrogens with zero attached hydrogens (tertiary/aromatic N) is 2. The highest BCUT2D eigenvalue weighted by Crippen LogP contribution is 2.36. The molecule has 1 aromatic rings. The summed E-state index contributed by atoms with van der Waals surface area (Å²) in [4.78, 5) is 14.8. The zero-order chi connectivity index (χ0) is 19.7. The van der Waals surface area contributed by atoms with Gasteiger partial charge in [0.05, 0.1) is 6.54 Å². The van der Waals surface area contributed by atoms with Gasteiger partial charge in [-0.3, -0.25) is 5.21 Å². The van der Waals surface area contributed by atoms with Crippen molar-refractivity contribution in [2.45, 2.75) is 46.1 Å². The third-order valence-electron chi connectivity index (χ3n) is 4.85. The molecule has 0 saturated carbocycles. The fourth-order valence-corrected chi connectivity index (χ4v) is 3.35. The monoisotopic (exact) mass is 377 g/mol. The third kappa shape index (κ3) is 7.48. The lowest BCUT2D eigenvalue weighted by atomic mass is 9.84. The SMILES string of the molecule is CC(C)(C)C(OC(=O)N(O)CCCNCCN1CCCC1)c1ccccc1. The molecule has 0 aromatic heterocycles. The van der Waals surface area contributed by atoms with Gasteiger partial charge in [0.15, 0.2) is 0 Å². The number of carbonyl (C=O) groups excluding carboxylic acids is 1. The zero-order valence-electron chi connectivity index (χ0n) is 17.0. The van der Waals surface area contributed by atoms with E-state index in [1.165, 1.54) is 25.9 Å². The van der Waals surface area contributed by atoms with Gasteiger partial charge in [-0.1, -0.05) is 51.1 Å². The van der Waals surface area contributed by atoms with Crippen LogP contribution >= 0.6 is 0 Å². The number of hydroxylamine groups is 2. The number of hydrogen-bond donors (Lipinski definition) is 2. The van der Waals surface area contributed by atoms with E-state index in [0.717, 1.165) is 25.2 Å². The summed E-state index contributed by atoms with van der Waals surface area (Å²) in [7, 11) is 0. The Kier molecular flexibility index (Phi) is 8.54. The number of ether oxygens (including phenoxy) is 1. The van der Waals surface area contributed by atoms with Crippen LogP contribution in [-0.4, -0.2) is 60.5 Å². The van der Waals surface area contributed by atoms with Crippen LogP contribution in [0.25, 0.3) is 0 Å². The molecule has 6 nitrogen and oxygen atoms in total. The molecule has 1 heterocycles. The summed E-state index contributed by atoms with van der Waals surface area (Å²) in [6.45, 7) is 11.5. The largest absolute Gasteiger partial charge is 0.439 e. The first-order valence-electron chi connectivity index (χ1n) is 10.0. The van der Waals surface area contributed by atoms with Gasteiger partial charge in [0.25, 0.3) is 0 Å². The number of amides is 1. The Morgan fingerprint density at radius 1 is 1.22 bits per heavy atom. The van der Waals surface area contributed by atoms with E-state index in [4.69, 9.17) is 4.74 Å². The minimum Gasteiger partial charge on any atom is -0.439 e. The van der Waals surface area contributed by atoms with Crippen LogP contribution in [0.5, 0.6) is 0 Å². The third-order valence-corrected chi connectivity index (χ3v) is 4.85. The first-order valence-corrected chi connectivity index (χ1v) is 10.0. The second kappa shape index (κ2) is 10.6. The van der Waals surface area contributed by atoms with E-state index in [2.05, 4.69) is 10.2 Å². The molecule has 1 saturated heterocycles. The highest BCUT2D eigenvalue weighted by atomic mass is 16.6. The van der Waals surface area contributed by atoms with Crippen molar-refractivity contribution in [2.75, 3.05) is 39.3 Å². The van der Waals surface area contributed by atoms with Crippen LogP contribution in [0.1, 0.15) is 51.7 Å². The van der Waals surface area contributed by atoms with Gasteiger partial charge in [-0.25, -0.2) is 4.79 Å². The lowest BCUT2D eigenvalue weighted by Gasteiger charge is -2.31. The lowest BCUT2D eigenvalue weighted by molar-refractivity contribution is -0.0959. The van der Waals surface area contributed by atoms with Crippen LogP contribution in [0.15, 0.2) is 30.3 Å². The van der Waals surface area contributed by atoms with Crippen molar-refractivity contribution in [1.82, 2.24) is 15.3 Å². The van der Waals surface area contributed by atoms with Crippen LogP contribution < -0.4 is 5.32 Å². The van der Waals surface area contributed by atoms with Gasteiger partial charge in [-0.05, 0) is 44.5 Å². The molecule has 1 aliphatic heterocycles.